The first-order valence-corrected chi connectivity index (χ1v) is 7.30. The maximum Gasteiger partial charge on any atom is 0.264 e. The van der Waals surface area contributed by atoms with Gasteiger partial charge in [0.15, 0.2) is 6.61 Å². The standard InChI is InChI=1S/C17H15FN4O2/c18-14-6-8-15(9-7-14)24-11-16(23)20-17-19-12-22(21-17)10-13-4-2-1-3-5-13/h1-9,12H,10-11H2,(H,20,21,23). The summed E-state index contributed by atoms with van der Waals surface area (Å²) in [6, 6.07) is 15.2. The summed E-state index contributed by atoms with van der Waals surface area (Å²) < 4.78 is 19.7. The van der Waals surface area contributed by atoms with Crippen molar-refractivity contribution in [2.75, 3.05) is 11.9 Å². The second-order valence-electron chi connectivity index (χ2n) is 5.04. The Bertz CT molecular complexity index is 803. The fourth-order valence-electron chi connectivity index (χ4n) is 2.04. The van der Waals surface area contributed by atoms with E-state index in [0.29, 0.717) is 12.3 Å². The van der Waals surface area contributed by atoms with Crippen molar-refractivity contribution in [1.82, 2.24) is 14.8 Å². The lowest BCUT2D eigenvalue weighted by molar-refractivity contribution is -0.118. The number of ether oxygens (including phenoxy) is 1. The van der Waals surface area contributed by atoms with Gasteiger partial charge < -0.3 is 4.74 Å². The summed E-state index contributed by atoms with van der Waals surface area (Å²) in [5, 5.41) is 6.73. The SMILES string of the molecule is O=C(COc1ccc(F)cc1)Nc1ncn(Cc2ccccc2)n1. The van der Waals surface area contributed by atoms with Gasteiger partial charge in [-0.25, -0.2) is 14.1 Å². The largest absolute Gasteiger partial charge is 0.484 e. The first-order chi connectivity index (χ1) is 11.7. The van der Waals surface area contributed by atoms with E-state index in [-0.39, 0.29) is 18.4 Å². The van der Waals surface area contributed by atoms with E-state index in [0.717, 1.165) is 5.56 Å². The minimum absolute atomic E-state index is 0.207. The van der Waals surface area contributed by atoms with Gasteiger partial charge in [-0.15, -0.1) is 5.10 Å². The van der Waals surface area contributed by atoms with Gasteiger partial charge in [0.1, 0.15) is 17.9 Å². The Morgan fingerprint density at radius 2 is 1.88 bits per heavy atom. The highest BCUT2D eigenvalue weighted by molar-refractivity contribution is 5.90. The Morgan fingerprint density at radius 3 is 2.62 bits per heavy atom. The van der Waals surface area contributed by atoms with Crippen molar-refractivity contribution >= 4 is 11.9 Å². The summed E-state index contributed by atoms with van der Waals surface area (Å²) in [5.74, 6) is -0.135. The maximum atomic E-state index is 12.8. The second kappa shape index (κ2) is 7.36. The van der Waals surface area contributed by atoms with Crippen LogP contribution in [-0.4, -0.2) is 27.3 Å². The summed E-state index contributed by atoms with van der Waals surface area (Å²) in [7, 11) is 0. The van der Waals surface area contributed by atoms with Crippen molar-refractivity contribution in [3.8, 4) is 5.75 Å². The van der Waals surface area contributed by atoms with E-state index in [9.17, 15) is 9.18 Å². The topological polar surface area (TPSA) is 69.0 Å². The average molecular weight is 326 g/mol. The number of anilines is 1. The van der Waals surface area contributed by atoms with Gasteiger partial charge in [0, 0.05) is 0 Å². The average Bonchev–Trinajstić information content (AvgIpc) is 3.02. The van der Waals surface area contributed by atoms with Gasteiger partial charge in [0.25, 0.3) is 5.91 Å². The maximum absolute atomic E-state index is 12.8. The lowest BCUT2D eigenvalue weighted by Crippen LogP contribution is -2.21. The number of hydrogen-bond acceptors (Lipinski definition) is 4. The second-order valence-corrected chi connectivity index (χ2v) is 5.04. The van der Waals surface area contributed by atoms with Crippen LogP contribution < -0.4 is 10.1 Å². The van der Waals surface area contributed by atoms with E-state index < -0.39 is 5.91 Å². The third-order valence-corrected chi connectivity index (χ3v) is 3.16. The van der Waals surface area contributed by atoms with Crippen LogP contribution >= 0.6 is 0 Å². The number of amides is 1. The Balaban J connectivity index is 1.50. The number of carbonyl (C=O) groups excluding carboxylic acids is 1. The normalized spacial score (nSPS) is 10.4. The van der Waals surface area contributed by atoms with Gasteiger partial charge in [0.05, 0.1) is 6.54 Å². The molecule has 0 radical (unpaired) electrons. The first-order valence-electron chi connectivity index (χ1n) is 7.30. The Morgan fingerprint density at radius 1 is 1.12 bits per heavy atom. The van der Waals surface area contributed by atoms with Crippen molar-refractivity contribution in [2.45, 2.75) is 6.54 Å². The molecular formula is C17H15FN4O2. The molecule has 122 valence electrons. The highest BCUT2D eigenvalue weighted by atomic mass is 19.1. The minimum atomic E-state index is -0.392. The molecule has 1 heterocycles. The van der Waals surface area contributed by atoms with E-state index >= 15 is 0 Å². The van der Waals surface area contributed by atoms with Crippen molar-refractivity contribution in [1.29, 1.82) is 0 Å². The monoisotopic (exact) mass is 326 g/mol. The highest BCUT2D eigenvalue weighted by Crippen LogP contribution is 2.11. The number of hydrogen-bond donors (Lipinski definition) is 1. The molecule has 1 N–H and O–H groups in total. The van der Waals surface area contributed by atoms with Gasteiger partial charge in [-0.3, -0.25) is 10.1 Å². The summed E-state index contributed by atoms with van der Waals surface area (Å²) >= 11 is 0. The van der Waals surface area contributed by atoms with Crippen molar-refractivity contribution in [3.05, 3.63) is 72.3 Å². The van der Waals surface area contributed by atoms with E-state index in [1.54, 1.807) is 11.0 Å². The van der Waals surface area contributed by atoms with Gasteiger partial charge in [-0.1, -0.05) is 30.3 Å². The lowest BCUT2D eigenvalue weighted by atomic mass is 10.2. The molecule has 0 unspecified atom stereocenters. The third kappa shape index (κ3) is 4.39. The molecule has 1 aromatic heterocycles. The molecular weight excluding hydrogens is 311 g/mol. The minimum Gasteiger partial charge on any atom is -0.484 e. The number of rotatable bonds is 6. The fourth-order valence-corrected chi connectivity index (χ4v) is 2.04. The smallest absolute Gasteiger partial charge is 0.264 e. The molecule has 3 rings (SSSR count). The van der Waals surface area contributed by atoms with Crippen LogP contribution in [0.15, 0.2) is 60.9 Å². The van der Waals surface area contributed by atoms with Crippen molar-refractivity contribution in [2.24, 2.45) is 0 Å². The van der Waals surface area contributed by atoms with Crippen LogP contribution in [0.1, 0.15) is 5.56 Å². The van der Waals surface area contributed by atoms with Crippen LogP contribution in [0, 0.1) is 5.82 Å². The van der Waals surface area contributed by atoms with E-state index in [4.69, 9.17) is 4.74 Å². The van der Waals surface area contributed by atoms with Crippen molar-refractivity contribution < 1.29 is 13.9 Å². The van der Waals surface area contributed by atoms with Gasteiger partial charge in [0.2, 0.25) is 5.95 Å². The molecule has 0 saturated heterocycles. The van der Waals surface area contributed by atoms with Crippen LogP contribution in [0.3, 0.4) is 0 Å². The third-order valence-electron chi connectivity index (χ3n) is 3.16. The molecule has 3 aromatic rings. The molecule has 0 saturated carbocycles. The number of nitrogens with one attached hydrogen (secondary N) is 1. The molecule has 0 aliphatic rings. The molecule has 0 fully saturated rings. The fraction of sp³-hybridized carbons (Fsp3) is 0.118. The van der Waals surface area contributed by atoms with E-state index in [1.165, 1.54) is 24.3 Å². The van der Waals surface area contributed by atoms with Crippen LogP contribution in [0.4, 0.5) is 10.3 Å². The Labute approximate surface area is 137 Å². The zero-order valence-corrected chi connectivity index (χ0v) is 12.7. The lowest BCUT2D eigenvalue weighted by Gasteiger charge is -2.05. The van der Waals surface area contributed by atoms with Gasteiger partial charge in [-0.05, 0) is 29.8 Å². The van der Waals surface area contributed by atoms with Crippen LogP contribution in [0.25, 0.3) is 0 Å². The summed E-state index contributed by atoms with van der Waals surface area (Å²) in [6.45, 7) is 0.356. The molecule has 0 atom stereocenters. The number of benzene rings is 2. The number of carbonyl (C=O) groups is 1. The summed E-state index contributed by atoms with van der Waals surface area (Å²) in [6.07, 6.45) is 1.55. The van der Waals surface area contributed by atoms with Gasteiger partial charge >= 0.3 is 0 Å². The molecule has 0 aliphatic heterocycles. The van der Waals surface area contributed by atoms with Crippen LogP contribution in [-0.2, 0) is 11.3 Å². The molecule has 0 spiro atoms. The highest BCUT2D eigenvalue weighted by Gasteiger charge is 2.08. The predicted octanol–water partition coefficient (Wildman–Crippen LogP) is 2.48. The first kappa shape index (κ1) is 15.7. The molecule has 0 aliphatic carbocycles. The Hall–Kier alpha value is -3.22. The predicted molar refractivity (Wildman–Crippen MR) is 86.1 cm³/mol. The Kier molecular flexibility index (Phi) is 4.81. The van der Waals surface area contributed by atoms with Crippen molar-refractivity contribution in [3.63, 3.8) is 0 Å². The number of nitrogens with zero attached hydrogens (tertiary/aromatic N) is 3. The molecule has 2 aromatic carbocycles. The quantitative estimate of drug-likeness (QED) is 0.755. The zero-order valence-electron chi connectivity index (χ0n) is 12.7. The van der Waals surface area contributed by atoms with Crippen LogP contribution in [0.5, 0.6) is 5.75 Å². The van der Waals surface area contributed by atoms with Crippen LogP contribution in [0.2, 0.25) is 0 Å². The zero-order chi connectivity index (χ0) is 16.8. The molecule has 6 nitrogen and oxygen atoms in total. The number of halogens is 1. The molecule has 24 heavy (non-hydrogen) atoms. The van der Waals surface area contributed by atoms with Gasteiger partial charge in [-0.2, -0.15) is 0 Å². The molecule has 1 amide bonds. The number of aromatic nitrogens is 3. The molecule has 0 bridgehead atoms. The van der Waals surface area contributed by atoms with E-state index in [1.807, 2.05) is 30.3 Å². The van der Waals surface area contributed by atoms with E-state index in [2.05, 4.69) is 15.4 Å². The summed E-state index contributed by atoms with van der Waals surface area (Å²) in [4.78, 5) is 15.9. The summed E-state index contributed by atoms with van der Waals surface area (Å²) in [5.41, 5.74) is 1.08. The molecule has 7 heteroatoms.